The van der Waals surface area contributed by atoms with E-state index in [0.29, 0.717) is 5.92 Å². The second kappa shape index (κ2) is 3.00. The van der Waals surface area contributed by atoms with Gasteiger partial charge in [-0.25, -0.2) is 0 Å². The Morgan fingerprint density at radius 3 is 2.31 bits per heavy atom. The van der Waals surface area contributed by atoms with E-state index >= 15 is 0 Å². The largest absolute Gasteiger partial charge is 0.416 e. The summed E-state index contributed by atoms with van der Waals surface area (Å²) in [5, 5.41) is 3.28. The number of fused-ring (bicyclic) bond motifs is 1. The van der Waals surface area contributed by atoms with E-state index < -0.39 is 11.7 Å². The normalized spacial score (nSPS) is 32.6. The van der Waals surface area contributed by atoms with Gasteiger partial charge in [-0.2, -0.15) is 13.2 Å². The van der Waals surface area contributed by atoms with Crippen molar-refractivity contribution in [2.24, 2.45) is 5.92 Å². The van der Waals surface area contributed by atoms with Gasteiger partial charge in [-0.05, 0) is 36.6 Å². The highest BCUT2D eigenvalue weighted by molar-refractivity contribution is 5.38. The number of piperidine rings is 1. The SMILES string of the molecule is FC(F)(F)c1ccc(C23CNC[C@H]2C3)cc1. The molecule has 1 aliphatic carbocycles. The van der Waals surface area contributed by atoms with Crippen molar-refractivity contribution in [3.63, 3.8) is 0 Å². The van der Waals surface area contributed by atoms with Gasteiger partial charge in [0.1, 0.15) is 0 Å². The molecule has 0 aromatic heterocycles. The molecular weight excluding hydrogens is 215 g/mol. The fourth-order valence-corrected chi connectivity index (χ4v) is 2.78. The topological polar surface area (TPSA) is 12.0 Å². The molecule has 86 valence electrons. The van der Waals surface area contributed by atoms with Crippen LogP contribution in [0.15, 0.2) is 24.3 Å². The van der Waals surface area contributed by atoms with Gasteiger partial charge in [0.05, 0.1) is 5.56 Å². The molecule has 3 rings (SSSR count). The zero-order chi connectivity index (χ0) is 11.4. The lowest BCUT2D eigenvalue weighted by molar-refractivity contribution is -0.137. The summed E-state index contributed by atoms with van der Waals surface area (Å²) < 4.78 is 37.2. The van der Waals surface area contributed by atoms with Gasteiger partial charge < -0.3 is 5.32 Å². The molecule has 1 heterocycles. The lowest BCUT2D eigenvalue weighted by Crippen LogP contribution is -2.19. The van der Waals surface area contributed by atoms with E-state index in [2.05, 4.69) is 5.32 Å². The van der Waals surface area contributed by atoms with Gasteiger partial charge in [-0.15, -0.1) is 0 Å². The number of hydrogen-bond donors (Lipinski definition) is 1. The Hall–Kier alpha value is -1.03. The van der Waals surface area contributed by atoms with Crippen LogP contribution in [0.5, 0.6) is 0 Å². The van der Waals surface area contributed by atoms with Crippen molar-refractivity contribution in [2.75, 3.05) is 13.1 Å². The van der Waals surface area contributed by atoms with Crippen molar-refractivity contribution in [3.05, 3.63) is 35.4 Å². The highest BCUT2D eigenvalue weighted by Gasteiger charge is 2.57. The molecular formula is C12H12F3N. The second-order valence-corrected chi connectivity index (χ2v) is 4.76. The summed E-state index contributed by atoms with van der Waals surface area (Å²) >= 11 is 0. The molecule has 4 heteroatoms. The van der Waals surface area contributed by atoms with Crippen LogP contribution in [0.2, 0.25) is 0 Å². The molecule has 2 aliphatic rings. The molecule has 1 aromatic carbocycles. The predicted octanol–water partition coefficient (Wildman–Crippen LogP) is 2.57. The van der Waals surface area contributed by atoms with E-state index in [-0.39, 0.29) is 5.41 Å². The first-order valence-electron chi connectivity index (χ1n) is 5.41. The monoisotopic (exact) mass is 227 g/mol. The second-order valence-electron chi connectivity index (χ2n) is 4.76. The third-order valence-electron chi connectivity index (χ3n) is 3.85. The predicted molar refractivity (Wildman–Crippen MR) is 54.1 cm³/mol. The number of nitrogens with one attached hydrogen (secondary N) is 1. The molecule has 1 saturated carbocycles. The summed E-state index contributed by atoms with van der Waals surface area (Å²) in [5.41, 5.74) is 0.635. The Kier molecular flexibility index (Phi) is 1.90. The summed E-state index contributed by atoms with van der Waals surface area (Å²) in [6.45, 7) is 1.91. The number of halogens is 3. The van der Waals surface area contributed by atoms with Gasteiger partial charge in [0.25, 0.3) is 0 Å². The minimum absolute atomic E-state index is 0.143. The van der Waals surface area contributed by atoms with Crippen molar-refractivity contribution in [1.82, 2.24) is 5.32 Å². The highest BCUT2D eigenvalue weighted by Crippen LogP contribution is 2.56. The zero-order valence-corrected chi connectivity index (χ0v) is 8.64. The van der Waals surface area contributed by atoms with Crippen LogP contribution in [0.25, 0.3) is 0 Å². The van der Waals surface area contributed by atoms with E-state index in [1.165, 1.54) is 12.1 Å². The average molecular weight is 227 g/mol. The summed E-state index contributed by atoms with van der Waals surface area (Å²) in [6.07, 6.45) is -3.11. The van der Waals surface area contributed by atoms with Crippen LogP contribution < -0.4 is 5.32 Å². The number of alkyl halides is 3. The standard InChI is InChI=1S/C12H12F3N/c13-12(14,15)9-3-1-8(2-4-9)11-5-10(11)6-16-7-11/h1-4,10,16H,5-7H2/t10-,11?/m1/s1. The zero-order valence-electron chi connectivity index (χ0n) is 8.64. The number of benzene rings is 1. The van der Waals surface area contributed by atoms with Crippen molar-refractivity contribution < 1.29 is 13.2 Å². The van der Waals surface area contributed by atoms with Crippen molar-refractivity contribution in [3.8, 4) is 0 Å². The third kappa shape index (κ3) is 1.36. The molecule has 0 spiro atoms. The first-order valence-corrected chi connectivity index (χ1v) is 5.41. The van der Waals surface area contributed by atoms with Crippen LogP contribution >= 0.6 is 0 Å². The van der Waals surface area contributed by atoms with Gasteiger partial charge in [-0.3, -0.25) is 0 Å². The summed E-state index contributed by atoms with van der Waals surface area (Å²) in [5.74, 6) is 0.629. The fourth-order valence-electron chi connectivity index (χ4n) is 2.78. The molecule has 1 aromatic rings. The first kappa shape index (κ1) is 10.1. The molecule has 0 radical (unpaired) electrons. The highest BCUT2D eigenvalue weighted by atomic mass is 19.4. The van der Waals surface area contributed by atoms with Gasteiger partial charge >= 0.3 is 6.18 Å². The minimum Gasteiger partial charge on any atom is -0.316 e. The summed E-state index contributed by atoms with van der Waals surface area (Å²) in [6, 6.07) is 5.65. The quantitative estimate of drug-likeness (QED) is 0.777. The molecule has 0 amide bonds. The van der Waals surface area contributed by atoms with Gasteiger partial charge in [0.15, 0.2) is 0 Å². The van der Waals surface area contributed by atoms with Crippen LogP contribution in [0.4, 0.5) is 13.2 Å². The smallest absolute Gasteiger partial charge is 0.316 e. The van der Waals surface area contributed by atoms with Crippen LogP contribution in [0.1, 0.15) is 17.5 Å². The van der Waals surface area contributed by atoms with Crippen LogP contribution in [-0.2, 0) is 11.6 Å². The third-order valence-corrected chi connectivity index (χ3v) is 3.85. The number of hydrogen-bond acceptors (Lipinski definition) is 1. The Morgan fingerprint density at radius 1 is 1.19 bits per heavy atom. The molecule has 16 heavy (non-hydrogen) atoms. The Labute approximate surface area is 91.7 Å². The Balaban J connectivity index is 1.89. The average Bonchev–Trinajstić information content (AvgIpc) is 2.81. The van der Waals surface area contributed by atoms with E-state index in [9.17, 15) is 13.2 Å². The molecule has 2 fully saturated rings. The van der Waals surface area contributed by atoms with E-state index in [4.69, 9.17) is 0 Å². The van der Waals surface area contributed by atoms with Crippen LogP contribution in [0.3, 0.4) is 0 Å². The fraction of sp³-hybridized carbons (Fsp3) is 0.500. The lowest BCUT2D eigenvalue weighted by atomic mass is 9.94. The van der Waals surface area contributed by atoms with Crippen LogP contribution in [-0.4, -0.2) is 13.1 Å². The van der Waals surface area contributed by atoms with Gasteiger partial charge in [-0.1, -0.05) is 12.1 Å². The van der Waals surface area contributed by atoms with Gasteiger partial charge in [0.2, 0.25) is 0 Å². The minimum atomic E-state index is -4.23. The summed E-state index contributed by atoms with van der Waals surface area (Å²) in [7, 11) is 0. The van der Waals surface area contributed by atoms with E-state index in [1.54, 1.807) is 12.1 Å². The first-order chi connectivity index (χ1) is 7.52. The van der Waals surface area contributed by atoms with E-state index in [1.807, 2.05) is 0 Å². The van der Waals surface area contributed by atoms with Crippen LogP contribution in [0, 0.1) is 5.92 Å². The molecule has 1 nitrogen and oxygen atoms in total. The molecule has 1 N–H and O–H groups in total. The van der Waals surface area contributed by atoms with E-state index in [0.717, 1.165) is 25.1 Å². The van der Waals surface area contributed by atoms with Crippen molar-refractivity contribution >= 4 is 0 Å². The molecule has 2 atom stereocenters. The molecule has 0 bridgehead atoms. The van der Waals surface area contributed by atoms with Crippen molar-refractivity contribution in [2.45, 2.75) is 18.0 Å². The Morgan fingerprint density at radius 2 is 1.88 bits per heavy atom. The molecule has 1 saturated heterocycles. The Bertz CT molecular complexity index is 409. The maximum Gasteiger partial charge on any atom is 0.416 e. The maximum absolute atomic E-state index is 12.4. The number of rotatable bonds is 1. The maximum atomic E-state index is 12.4. The van der Waals surface area contributed by atoms with Gasteiger partial charge in [0, 0.05) is 12.0 Å². The summed E-state index contributed by atoms with van der Waals surface area (Å²) in [4.78, 5) is 0. The van der Waals surface area contributed by atoms with Crippen molar-refractivity contribution in [1.29, 1.82) is 0 Å². The molecule has 1 aliphatic heterocycles. The molecule has 1 unspecified atom stereocenters. The lowest BCUT2D eigenvalue weighted by Gasteiger charge is -2.13.